The largest absolute Gasteiger partial charge is 0.433 e. The molecule has 0 radical (unpaired) electrons. The summed E-state index contributed by atoms with van der Waals surface area (Å²) in [4.78, 5) is 3.39. The highest BCUT2D eigenvalue weighted by molar-refractivity contribution is 5.44. The molecule has 1 heterocycles. The van der Waals surface area contributed by atoms with Crippen LogP contribution in [0.2, 0.25) is 0 Å². The summed E-state index contributed by atoms with van der Waals surface area (Å²) < 4.78 is 36.8. The van der Waals surface area contributed by atoms with E-state index in [-0.39, 0.29) is 5.82 Å². The van der Waals surface area contributed by atoms with Crippen LogP contribution in [0.3, 0.4) is 0 Å². The van der Waals surface area contributed by atoms with Crippen molar-refractivity contribution in [2.24, 2.45) is 0 Å². The van der Waals surface area contributed by atoms with Gasteiger partial charge in [0.05, 0.1) is 0 Å². The molecule has 0 saturated heterocycles. The molecular weight excluding hydrogens is 205 g/mol. The zero-order valence-electron chi connectivity index (χ0n) is 7.80. The lowest BCUT2D eigenvalue weighted by Crippen LogP contribution is -2.09. The molecule has 0 aliphatic carbocycles. The van der Waals surface area contributed by atoms with Crippen molar-refractivity contribution in [3.05, 3.63) is 48.8 Å². The van der Waals surface area contributed by atoms with E-state index in [0.29, 0.717) is 5.70 Å². The van der Waals surface area contributed by atoms with E-state index >= 15 is 0 Å². The molecule has 0 aliphatic heterocycles. The number of hydrogen-bond donors (Lipinski definition) is 1. The number of halogens is 3. The number of hydrogen-bond acceptors (Lipinski definition) is 2. The first-order valence-electron chi connectivity index (χ1n) is 4.06. The Bertz CT molecular complexity index is 382. The molecule has 1 rings (SSSR count). The Morgan fingerprint density at radius 3 is 2.60 bits per heavy atom. The number of allylic oxidation sites excluding steroid dienone is 1. The fraction of sp³-hybridized carbons (Fsp3) is 0.100. The highest BCUT2D eigenvalue weighted by Gasteiger charge is 2.32. The smallest absolute Gasteiger partial charge is 0.341 e. The van der Waals surface area contributed by atoms with Crippen LogP contribution in [-0.2, 0) is 6.18 Å². The van der Waals surface area contributed by atoms with Crippen LogP contribution in [0, 0.1) is 0 Å². The number of pyridine rings is 1. The van der Waals surface area contributed by atoms with E-state index < -0.39 is 11.9 Å². The molecule has 0 amide bonds. The van der Waals surface area contributed by atoms with E-state index in [9.17, 15) is 13.2 Å². The highest BCUT2D eigenvalue weighted by atomic mass is 19.4. The summed E-state index contributed by atoms with van der Waals surface area (Å²) in [5.41, 5.74) is -0.550. The van der Waals surface area contributed by atoms with Crippen molar-refractivity contribution in [1.29, 1.82) is 0 Å². The Hall–Kier alpha value is -1.78. The van der Waals surface area contributed by atoms with E-state index in [2.05, 4.69) is 23.5 Å². The summed E-state index contributed by atoms with van der Waals surface area (Å²) in [5, 5.41) is 2.58. The zero-order chi connectivity index (χ0) is 11.5. The average molecular weight is 214 g/mol. The minimum absolute atomic E-state index is 0.0923. The van der Waals surface area contributed by atoms with Gasteiger partial charge in [-0.05, 0) is 18.2 Å². The molecule has 0 unspecified atom stereocenters. The van der Waals surface area contributed by atoms with Crippen LogP contribution in [0.5, 0.6) is 0 Å². The first-order chi connectivity index (χ1) is 6.93. The maximum atomic E-state index is 12.3. The summed E-state index contributed by atoms with van der Waals surface area (Å²) in [6, 6.07) is 3.60. The van der Waals surface area contributed by atoms with Crippen LogP contribution in [-0.4, -0.2) is 4.98 Å². The number of nitrogens with one attached hydrogen (secondary N) is 1. The summed E-state index contributed by atoms with van der Waals surface area (Å²) >= 11 is 0. The number of aromatic nitrogens is 1. The third-order valence-corrected chi connectivity index (χ3v) is 1.57. The van der Waals surface area contributed by atoms with Crippen LogP contribution in [0.4, 0.5) is 19.0 Å². The fourth-order valence-corrected chi connectivity index (χ4v) is 0.878. The molecule has 0 spiro atoms. The minimum Gasteiger partial charge on any atom is -0.341 e. The number of alkyl halides is 3. The summed E-state index contributed by atoms with van der Waals surface area (Å²) in [6.07, 6.45) is -3.05. The van der Waals surface area contributed by atoms with Gasteiger partial charge in [-0.1, -0.05) is 19.2 Å². The van der Waals surface area contributed by atoms with Gasteiger partial charge in [0.15, 0.2) is 0 Å². The van der Waals surface area contributed by atoms with Crippen molar-refractivity contribution >= 4 is 5.82 Å². The van der Waals surface area contributed by atoms with E-state index in [4.69, 9.17) is 0 Å². The van der Waals surface area contributed by atoms with Gasteiger partial charge in [-0.15, -0.1) is 0 Å². The normalized spacial score (nSPS) is 10.9. The van der Waals surface area contributed by atoms with Crippen molar-refractivity contribution in [2.75, 3.05) is 5.32 Å². The SMILES string of the molecule is C=CC(=C)Nc1cccc(C(F)(F)F)n1. The lowest BCUT2D eigenvalue weighted by atomic mass is 10.3. The predicted octanol–water partition coefficient (Wildman–Crippen LogP) is 3.21. The third-order valence-electron chi connectivity index (χ3n) is 1.57. The van der Waals surface area contributed by atoms with Gasteiger partial charge in [0, 0.05) is 5.70 Å². The van der Waals surface area contributed by atoms with E-state index in [1.54, 1.807) is 0 Å². The molecule has 1 aromatic rings. The van der Waals surface area contributed by atoms with Gasteiger partial charge in [-0.3, -0.25) is 0 Å². The maximum absolute atomic E-state index is 12.3. The Morgan fingerprint density at radius 1 is 1.40 bits per heavy atom. The van der Waals surface area contributed by atoms with Gasteiger partial charge in [0.2, 0.25) is 0 Å². The van der Waals surface area contributed by atoms with Crippen LogP contribution in [0.15, 0.2) is 43.1 Å². The predicted molar refractivity (Wildman–Crippen MR) is 52.2 cm³/mol. The standard InChI is InChI=1S/C10H9F3N2/c1-3-7(2)14-9-6-4-5-8(15-9)10(11,12)13/h3-6H,1-2H2,(H,14,15). The number of anilines is 1. The second-order valence-corrected chi connectivity index (χ2v) is 2.76. The number of nitrogens with zero attached hydrogens (tertiary/aromatic N) is 1. The summed E-state index contributed by atoms with van der Waals surface area (Å²) in [7, 11) is 0. The molecule has 5 heteroatoms. The van der Waals surface area contributed by atoms with Gasteiger partial charge < -0.3 is 5.32 Å². The fourth-order valence-electron chi connectivity index (χ4n) is 0.878. The average Bonchev–Trinajstić information content (AvgIpc) is 2.17. The molecule has 2 nitrogen and oxygen atoms in total. The monoisotopic (exact) mass is 214 g/mol. The zero-order valence-corrected chi connectivity index (χ0v) is 7.80. The third kappa shape index (κ3) is 3.12. The van der Waals surface area contributed by atoms with Gasteiger partial charge in [-0.25, -0.2) is 4.98 Å². The summed E-state index contributed by atoms with van der Waals surface area (Å²) in [6.45, 7) is 6.93. The van der Waals surface area contributed by atoms with Gasteiger partial charge in [0.1, 0.15) is 11.5 Å². The van der Waals surface area contributed by atoms with Crippen molar-refractivity contribution < 1.29 is 13.2 Å². The molecule has 0 saturated carbocycles. The maximum Gasteiger partial charge on any atom is 0.433 e. The van der Waals surface area contributed by atoms with E-state index in [0.717, 1.165) is 6.07 Å². The van der Waals surface area contributed by atoms with Gasteiger partial charge in [0.25, 0.3) is 0 Å². The molecule has 1 N–H and O–H groups in total. The number of rotatable bonds is 3. The Morgan fingerprint density at radius 2 is 2.07 bits per heavy atom. The molecule has 0 aromatic carbocycles. The lowest BCUT2D eigenvalue weighted by Gasteiger charge is -2.08. The topological polar surface area (TPSA) is 24.9 Å². The van der Waals surface area contributed by atoms with Crippen molar-refractivity contribution in [3.8, 4) is 0 Å². The first-order valence-corrected chi connectivity index (χ1v) is 4.06. The first kappa shape index (κ1) is 11.3. The Labute approximate surface area is 85.1 Å². The molecule has 0 aliphatic rings. The van der Waals surface area contributed by atoms with Gasteiger partial charge in [-0.2, -0.15) is 13.2 Å². The summed E-state index contributed by atoms with van der Waals surface area (Å²) in [5.74, 6) is 0.0923. The molecule has 1 aromatic heterocycles. The van der Waals surface area contributed by atoms with Gasteiger partial charge >= 0.3 is 6.18 Å². The second kappa shape index (κ2) is 4.16. The van der Waals surface area contributed by atoms with Crippen LogP contribution in [0.1, 0.15) is 5.69 Å². The van der Waals surface area contributed by atoms with Crippen molar-refractivity contribution in [1.82, 2.24) is 4.98 Å². The second-order valence-electron chi connectivity index (χ2n) is 2.76. The molecule has 80 valence electrons. The molecular formula is C10H9F3N2. The molecule has 0 bridgehead atoms. The van der Waals surface area contributed by atoms with Crippen LogP contribution in [0.25, 0.3) is 0 Å². The molecule has 0 fully saturated rings. The highest BCUT2D eigenvalue weighted by Crippen LogP contribution is 2.28. The van der Waals surface area contributed by atoms with E-state index in [1.807, 2.05) is 0 Å². The van der Waals surface area contributed by atoms with Crippen molar-refractivity contribution in [2.45, 2.75) is 6.18 Å². The molecule has 15 heavy (non-hydrogen) atoms. The van der Waals surface area contributed by atoms with Crippen LogP contribution >= 0.6 is 0 Å². The molecule has 0 atom stereocenters. The Kier molecular flexibility index (Phi) is 3.14. The Balaban J connectivity index is 2.93. The minimum atomic E-state index is -4.44. The van der Waals surface area contributed by atoms with Crippen molar-refractivity contribution in [3.63, 3.8) is 0 Å². The van der Waals surface area contributed by atoms with E-state index in [1.165, 1.54) is 18.2 Å². The lowest BCUT2D eigenvalue weighted by molar-refractivity contribution is -0.141. The van der Waals surface area contributed by atoms with Crippen LogP contribution < -0.4 is 5.32 Å². The quantitative estimate of drug-likeness (QED) is 0.781.